The standard InChI is InChI=1S/C11H24N4O2/c1-8(6-5-7-14-10(12)13)11(2,9(16)17)15(3)4/h8H,5-7H2,1-4H3,(H,16,17)(H4,12,13,14). The lowest BCUT2D eigenvalue weighted by molar-refractivity contribution is -0.152. The van der Waals surface area contributed by atoms with E-state index in [1.807, 2.05) is 6.92 Å². The molecule has 100 valence electrons. The number of nitrogens with one attached hydrogen (secondary N) is 2. The van der Waals surface area contributed by atoms with E-state index in [0.29, 0.717) is 6.54 Å². The second-order valence-corrected chi connectivity index (χ2v) is 4.73. The number of nitrogens with zero attached hydrogens (tertiary/aromatic N) is 1. The second-order valence-electron chi connectivity index (χ2n) is 4.73. The first-order valence-corrected chi connectivity index (χ1v) is 5.71. The Morgan fingerprint density at radius 3 is 2.47 bits per heavy atom. The lowest BCUT2D eigenvalue weighted by Crippen LogP contribution is -2.53. The van der Waals surface area contributed by atoms with Gasteiger partial charge in [-0.25, -0.2) is 0 Å². The van der Waals surface area contributed by atoms with Crippen molar-refractivity contribution in [3.05, 3.63) is 0 Å². The summed E-state index contributed by atoms with van der Waals surface area (Å²) >= 11 is 0. The van der Waals surface area contributed by atoms with Gasteiger partial charge in [0.2, 0.25) is 0 Å². The van der Waals surface area contributed by atoms with E-state index in [2.05, 4.69) is 5.32 Å². The van der Waals surface area contributed by atoms with Crippen LogP contribution in [0.4, 0.5) is 0 Å². The van der Waals surface area contributed by atoms with E-state index in [4.69, 9.17) is 11.1 Å². The van der Waals surface area contributed by atoms with Crippen LogP contribution in [0.1, 0.15) is 26.7 Å². The topological polar surface area (TPSA) is 102 Å². The Balaban J connectivity index is 4.31. The summed E-state index contributed by atoms with van der Waals surface area (Å²) in [4.78, 5) is 13.1. The molecule has 6 heteroatoms. The second kappa shape index (κ2) is 6.44. The number of nitrogens with two attached hydrogens (primary N) is 1. The molecule has 17 heavy (non-hydrogen) atoms. The third-order valence-corrected chi connectivity index (χ3v) is 3.45. The Labute approximate surface area is 103 Å². The highest BCUT2D eigenvalue weighted by Crippen LogP contribution is 2.26. The molecule has 0 aromatic rings. The van der Waals surface area contributed by atoms with Crippen LogP contribution in [0.5, 0.6) is 0 Å². The van der Waals surface area contributed by atoms with Gasteiger partial charge in [-0.15, -0.1) is 0 Å². The number of carboxylic acids is 1. The summed E-state index contributed by atoms with van der Waals surface area (Å²) in [6.45, 7) is 4.27. The number of rotatable bonds is 7. The van der Waals surface area contributed by atoms with Gasteiger partial charge in [0.25, 0.3) is 0 Å². The predicted molar refractivity (Wildman–Crippen MR) is 68.0 cm³/mol. The van der Waals surface area contributed by atoms with Gasteiger partial charge in [0.1, 0.15) is 5.54 Å². The fourth-order valence-electron chi connectivity index (χ4n) is 1.76. The minimum absolute atomic E-state index is 0.0174. The third-order valence-electron chi connectivity index (χ3n) is 3.45. The Bertz CT molecular complexity index is 281. The van der Waals surface area contributed by atoms with Crippen LogP contribution in [0.25, 0.3) is 0 Å². The lowest BCUT2D eigenvalue weighted by atomic mass is 9.83. The van der Waals surface area contributed by atoms with Crippen molar-refractivity contribution < 1.29 is 9.90 Å². The molecule has 0 bridgehead atoms. The molecule has 0 radical (unpaired) electrons. The molecule has 0 aliphatic carbocycles. The van der Waals surface area contributed by atoms with Crippen LogP contribution in [0.3, 0.4) is 0 Å². The Kier molecular flexibility index (Phi) is 5.95. The van der Waals surface area contributed by atoms with Crippen LogP contribution in [0.15, 0.2) is 0 Å². The van der Waals surface area contributed by atoms with Gasteiger partial charge in [-0.05, 0) is 39.8 Å². The van der Waals surface area contributed by atoms with Crippen molar-refractivity contribution in [3.63, 3.8) is 0 Å². The summed E-state index contributed by atoms with van der Waals surface area (Å²) in [5.41, 5.74) is 4.30. The number of aliphatic carboxylic acids is 1. The van der Waals surface area contributed by atoms with Crippen LogP contribution in [0, 0.1) is 11.3 Å². The Morgan fingerprint density at radius 1 is 1.59 bits per heavy atom. The molecule has 0 spiro atoms. The SMILES string of the molecule is CC(CCCNC(=N)N)C(C)(C(=O)O)N(C)C. The first-order valence-electron chi connectivity index (χ1n) is 5.71. The third kappa shape index (κ3) is 4.22. The zero-order valence-electron chi connectivity index (χ0n) is 11.1. The predicted octanol–water partition coefficient (Wildman–Crippen LogP) is 0.291. The van der Waals surface area contributed by atoms with Crippen molar-refractivity contribution in [1.82, 2.24) is 10.2 Å². The Hall–Kier alpha value is -1.30. The summed E-state index contributed by atoms with van der Waals surface area (Å²) in [5, 5.41) is 19.0. The molecule has 0 saturated carbocycles. The molecule has 0 amide bonds. The molecular weight excluding hydrogens is 220 g/mol. The number of carbonyl (C=O) groups is 1. The maximum atomic E-state index is 11.3. The van der Waals surface area contributed by atoms with E-state index in [9.17, 15) is 9.90 Å². The Morgan fingerprint density at radius 2 is 2.12 bits per heavy atom. The highest BCUT2D eigenvalue weighted by Gasteiger charge is 2.40. The maximum Gasteiger partial charge on any atom is 0.324 e. The molecule has 0 fully saturated rings. The number of likely N-dealkylation sites (N-methyl/N-ethyl adjacent to an activating group) is 1. The quantitative estimate of drug-likeness (QED) is 0.293. The van der Waals surface area contributed by atoms with Gasteiger partial charge in [-0.3, -0.25) is 15.1 Å². The van der Waals surface area contributed by atoms with Gasteiger partial charge < -0.3 is 16.2 Å². The average molecular weight is 244 g/mol. The average Bonchev–Trinajstić information content (AvgIpc) is 2.21. The van der Waals surface area contributed by atoms with E-state index >= 15 is 0 Å². The van der Waals surface area contributed by atoms with E-state index in [0.717, 1.165) is 12.8 Å². The van der Waals surface area contributed by atoms with E-state index < -0.39 is 11.5 Å². The molecular formula is C11H24N4O2. The first kappa shape index (κ1) is 15.7. The van der Waals surface area contributed by atoms with Crippen molar-refractivity contribution in [2.75, 3.05) is 20.6 Å². The summed E-state index contributed by atoms with van der Waals surface area (Å²) in [7, 11) is 3.55. The summed E-state index contributed by atoms with van der Waals surface area (Å²) in [6, 6.07) is 0. The molecule has 6 nitrogen and oxygen atoms in total. The molecule has 0 heterocycles. The summed E-state index contributed by atoms with van der Waals surface area (Å²) in [5.74, 6) is -0.843. The number of guanidine groups is 1. The molecule has 5 N–H and O–H groups in total. The molecule has 0 aliphatic rings. The fourth-order valence-corrected chi connectivity index (χ4v) is 1.76. The monoisotopic (exact) mass is 244 g/mol. The largest absolute Gasteiger partial charge is 0.480 e. The van der Waals surface area contributed by atoms with Crippen LogP contribution >= 0.6 is 0 Å². The minimum atomic E-state index is -0.865. The van der Waals surface area contributed by atoms with Gasteiger partial charge >= 0.3 is 5.97 Å². The molecule has 0 aromatic carbocycles. The molecule has 0 aromatic heterocycles. The fraction of sp³-hybridized carbons (Fsp3) is 0.818. The van der Waals surface area contributed by atoms with Gasteiger partial charge in [-0.2, -0.15) is 0 Å². The summed E-state index contributed by atoms with van der Waals surface area (Å²) < 4.78 is 0. The van der Waals surface area contributed by atoms with Gasteiger partial charge in [0, 0.05) is 6.54 Å². The van der Waals surface area contributed by atoms with Crippen molar-refractivity contribution >= 4 is 11.9 Å². The highest BCUT2D eigenvalue weighted by atomic mass is 16.4. The van der Waals surface area contributed by atoms with Crippen LogP contribution in [-0.2, 0) is 4.79 Å². The van der Waals surface area contributed by atoms with Crippen molar-refractivity contribution in [3.8, 4) is 0 Å². The van der Waals surface area contributed by atoms with E-state index in [1.54, 1.807) is 25.9 Å². The highest BCUT2D eigenvalue weighted by molar-refractivity contribution is 5.78. The lowest BCUT2D eigenvalue weighted by Gasteiger charge is -2.37. The number of hydrogen-bond acceptors (Lipinski definition) is 3. The molecule has 0 saturated heterocycles. The normalized spacial score (nSPS) is 16.3. The first-order chi connectivity index (χ1) is 7.72. The van der Waals surface area contributed by atoms with Crippen molar-refractivity contribution in [1.29, 1.82) is 5.41 Å². The van der Waals surface area contributed by atoms with Crippen molar-refractivity contribution in [2.24, 2.45) is 11.7 Å². The van der Waals surface area contributed by atoms with E-state index in [1.165, 1.54) is 0 Å². The zero-order valence-corrected chi connectivity index (χ0v) is 11.1. The molecule has 0 rings (SSSR count). The zero-order chi connectivity index (χ0) is 13.6. The molecule has 2 unspecified atom stereocenters. The van der Waals surface area contributed by atoms with Gasteiger partial charge in [-0.1, -0.05) is 6.92 Å². The smallest absolute Gasteiger partial charge is 0.324 e. The van der Waals surface area contributed by atoms with Crippen LogP contribution in [0.2, 0.25) is 0 Å². The van der Waals surface area contributed by atoms with Gasteiger partial charge in [0.15, 0.2) is 5.96 Å². The van der Waals surface area contributed by atoms with Crippen LogP contribution < -0.4 is 11.1 Å². The van der Waals surface area contributed by atoms with Crippen molar-refractivity contribution in [2.45, 2.75) is 32.2 Å². The maximum absolute atomic E-state index is 11.3. The van der Waals surface area contributed by atoms with Gasteiger partial charge in [0.05, 0.1) is 0 Å². The number of carboxylic acid groups (broad SMARTS) is 1. The minimum Gasteiger partial charge on any atom is -0.480 e. The van der Waals surface area contributed by atoms with E-state index in [-0.39, 0.29) is 11.9 Å². The number of hydrogen-bond donors (Lipinski definition) is 4. The summed E-state index contributed by atoms with van der Waals surface area (Å²) in [6.07, 6.45) is 1.55. The molecule has 2 atom stereocenters. The molecule has 0 aliphatic heterocycles. The van der Waals surface area contributed by atoms with Crippen LogP contribution in [-0.4, -0.2) is 48.1 Å².